The molecule has 0 saturated carbocycles. The minimum atomic E-state index is -3.93. The van der Waals surface area contributed by atoms with Crippen molar-refractivity contribution < 1.29 is 23.1 Å². The first-order chi connectivity index (χ1) is 16.1. The largest absolute Gasteiger partial charge is 0.480 e. The summed E-state index contributed by atoms with van der Waals surface area (Å²) in [5, 5.41) is 14.0. The topological polar surface area (TPSA) is 115 Å². The van der Waals surface area contributed by atoms with E-state index in [9.17, 15) is 13.2 Å². The summed E-state index contributed by atoms with van der Waals surface area (Å²) in [5.74, 6) is -0.548. The monoisotopic (exact) mass is 588 g/mol. The van der Waals surface area contributed by atoms with E-state index in [2.05, 4.69) is 26.0 Å². The van der Waals surface area contributed by atoms with Gasteiger partial charge in [0.15, 0.2) is 0 Å². The lowest BCUT2D eigenvalue weighted by Gasteiger charge is -2.30. The minimum Gasteiger partial charge on any atom is -0.480 e. The molecule has 3 aromatic rings. The average molecular weight is 590 g/mol. The summed E-state index contributed by atoms with van der Waals surface area (Å²) in [6.45, 7) is -0.269. The van der Waals surface area contributed by atoms with Gasteiger partial charge in [0.2, 0.25) is 15.9 Å². The van der Waals surface area contributed by atoms with Gasteiger partial charge in [0.05, 0.1) is 27.9 Å². The molecule has 0 unspecified atom stereocenters. The van der Waals surface area contributed by atoms with E-state index in [-0.39, 0.29) is 22.3 Å². The fraction of sp³-hybridized carbons (Fsp3) is 0.286. The second-order valence-corrected chi connectivity index (χ2v) is 11.4. The molecule has 0 saturated heterocycles. The number of hydrogen-bond donors (Lipinski definition) is 1. The third-order valence-corrected chi connectivity index (χ3v) is 8.45. The van der Waals surface area contributed by atoms with Gasteiger partial charge < -0.3 is 9.84 Å². The molecule has 2 aromatic heterocycles. The number of aromatic nitrogens is 3. The Balaban J connectivity index is 1.59. The lowest BCUT2D eigenvalue weighted by Crippen LogP contribution is -2.33. The van der Waals surface area contributed by atoms with Crippen LogP contribution in [0.2, 0.25) is 10.0 Å². The van der Waals surface area contributed by atoms with Gasteiger partial charge >= 0.3 is 5.97 Å². The summed E-state index contributed by atoms with van der Waals surface area (Å²) in [6.07, 6.45) is 4.70. The van der Waals surface area contributed by atoms with Crippen LogP contribution in [-0.2, 0) is 27.8 Å². The van der Waals surface area contributed by atoms with Gasteiger partial charge in [-0.2, -0.15) is 9.40 Å². The molecule has 2 heterocycles. The fourth-order valence-electron chi connectivity index (χ4n) is 3.86. The number of carboxylic acid groups (broad SMARTS) is 1. The third-order valence-electron chi connectivity index (χ3n) is 5.51. The molecule has 1 aliphatic carbocycles. The second-order valence-electron chi connectivity index (χ2n) is 7.66. The Bertz CT molecular complexity index is 1370. The van der Waals surface area contributed by atoms with E-state index in [4.69, 9.17) is 33.0 Å². The molecule has 34 heavy (non-hydrogen) atoms. The maximum absolute atomic E-state index is 13.4. The van der Waals surface area contributed by atoms with Gasteiger partial charge in [-0.15, -0.1) is 0 Å². The fourth-order valence-corrected chi connectivity index (χ4v) is 6.22. The molecule has 0 radical (unpaired) electrons. The number of carboxylic acids is 1. The zero-order valence-electron chi connectivity index (χ0n) is 17.8. The number of nitrogens with zero attached hydrogens (tertiary/aromatic N) is 4. The van der Waals surface area contributed by atoms with Crippen molar-refractivity contribution in [3.63, 3.8) is 0 Å². The summed E-state index contributed by atoms with van der Waals surface area (Å²) in [5.41, 5.74) is 1.45. The van der Waals surface area contributed by atoms with Crippen LogP contribution in [0, 0.1) is 0 Å². The summed E-state index contributed by atoms with van der Waals surface area (Å²) in [7, 11) is -2.44. The Kier molecular flexibility index (Phi) is 7.20. The Labute approximate surface area is 214 Å². The van der Waals surface area contributed by atoms with Crippen LogP contribution < -0.4 is 4.74 Å². The summed E-state index contributed by atoms with van der Waals surface area (Å²) in [6, 6.07) is 5.66. The van der Waals surface area contributed by atoms with E-state index in [1.54, 1.807) is 18.3 Å². The van der Waals surface area contributed by atoms with Crippen LogP contribution in [0.1, 0.15) is 30.1 Å². The second kappa shape index (κ2) is 9.82. The predicted molar refractivity (Wildman–Crippen MR) is 129 cm³/mol. The van der Waals surface area contributed by atoms with Crippen LogP contribution in [-0.4, -0.2) is 45.6 Å². The Morgan fingerprint density at radius 3 is 2.76 bits per heavy atom. The van der Waals surface area contributed by atoms with Gasteiger partial charge in [0, 0.05) is 23.3 Å². The molecule has 0 fully saturated rings. The summed E-state index contributed by atoms with van der Waals surface area (Å²) < 4.78 is 35.5. The number of pyridine rings is 1. The van der Waals surface area contributed by atoms with Gasteiger partial charge in [-0.05, 0) is 59.5 Å². The molecule has 4 rings (SSSR count). The van der Waals surface area contributed by atoms with Crippen LogP contribution in [0.4, 0.5) is 0 Å². The van der Waals surface area contributed by atoms with Crippen LogP contribution >= 0.6 is 39.1 Å². The van der Waals surface area contributed by atoms with E-state index < -0.39 is 22.0 Å². The van der Waals surface area contributed by atoms with Gasteiger partial charge in [-0.1, -0.05) is 23.2 Å². The first kappa shape index (κ1) is 24.9. The number of aliphatic carboxylic acids is 1. The van der Waals surface area contributed by atoms with Crippen molar-refractivity contribution in [2.24, 2.45) is 0 Å². The van der Waals surface area contributed by atoms with Crippen molar-refractivity contribution in [1.82, 2.24) is 19.1 Å². The quantitative estimate of drug-likeness (QED) is 0.416. The van der Waals surface area contributed by atoms with Crippen molar-refractivity contribution in [3.8, 4) is 11.6 Å². The van der Waals surface area contributed by atoms with E-state index >= 15 is 0 Å². The highest BCUT2D eigenvalue weighted by atomic mass is 79.9. The summed E-state index contributed by atoms with van der Waals surface area (Å²) >= 11 is 15.4. The molecule has 1 N–H and O–H groups in total. The zero-order chi connectivity index (χ0) is 24.6. The van der Waals surface area contributed by atoms with Gasteiger partial charge in [-0.25, -0.2) is 13.4 Å². The lowest BCUT2D eigenvalue weighted by atomic mass is 9.93. The van der Waals surface area contributed by atoms with Crippen molar-refractivity contribution in [2.75, 3.05) is 7.05 Å². The van der Waals surface area contributed by atoms with Crippen LogP contribution in [0.25, 0.3) is 0 Å². The molecule has 9 nitrogen and oxygen atoms in total. The molecule has 0 aliphatic heterocycles. The van der Waals surface area contributed by atoms with E-state index in [1.165, 1.54) is 34.4 Å². The molecule has 180 valence electrons. The molecular weight excluding hydrogens is 571 g/mol. The SMILES string of the molecule is CN([C@@H]1CCCc2c1cnn2CC(=O)O)S(=O)(=O)c1cnc(Oc2ccc(Cl)cc2Cl)c(Br)c1. The predicted octanol–water partition coefficient (Wildman–Crippen LogP) is 4.92. The molecule has 1 atom stereocenters. The molecule has 1 aromatic carbocycles. The molecule has 13 heteroatoms. The normalized spacial score (nSPS) is 15.9. The number of ether oxygens (including phenoxy) is 1. The third kappa shape index (κ3) is 4.94. The Morgan fingerprint density at radius 1 is 1.32 bits per heavy atom. The number of fused-ring (bicyclic) bond motifs is 1. The number of rotatable bonds is 7. The summed E-state index contributed by atoms with van der Waals surface area (Å²) in [4.78, 5) is 15.3. The minimum absolute atomic E-state index is 0.0264. The number of hydrogen-bond acceptors (Lipinski definition) is 6. The lowest BCUT2D eigenvalue weighted by molar-refractivity contribution is -0.137. The molecule has 1 aliphatic rings. The number of carbonyl (C=O) groups is 1. The van der Waals surface area contributed by atoms with E-state index in [1.807, 2.05) is 0 Å². The van der Waals surface area contributed by atoms with Crippen molar-refractivity contribution in [3.05, 3.63) is 62.4 Å². The molecular formula is C21H19BrCl2N4O5S. The zero-order valence-corrected chi connectivity index (χ0v) is 21.7. The maximum Gasteiger partial charge on any atom is 0.325 e. The van der Waals surface area contributed by atoms with Crippen molar-refractivity contribution in [2.45, 2.75) is 36.7 Å². The van der Waals surface area contributed by atoms with Gasteiger partial charge in [0.1, 0.15) is 17.2 Å². The first-order valence-electron chi connectivity index (χ1n) is 10.1. The molecule has 0 amide bonds. The smallest absolute Gasteiger partial charge is 0.325 e. The highest BCUT2D eigenvalue weighted by molar-refractivity contribution is 9.10. The average Bonchev–Trinajstić information content (AvgIpc) is 3.18. The van der Waals surface area contributed by atoms with Crippen molar-refractivity contribution >= 4 is 55.1 Å². The van der Waals surface area contributed by atoms with E-state index in [0.29, 0.717) is 40.1 Å². The standard InChI is InChI=1S/C21H19BrCl2N4O5S/c1-27(17-3-2-4-18-14(17)10-26-28(18)11-20(29)30)34(31,32)13-8-15(22)21(25-9-13)33-19-6-5-12(23)7-16(19)24/h5-10,17H,2-4,11H2,1H3,(H,29,30)/t17-/m1/s1. The first-order valence-corrected chi connectivity index (χ1v) is 13.1. The van der Waals surface area contributed by atoms with Crippen LogP contribution in [0.5, 0.6) is 11.6 Å². The van der Waals surface area contributed by atoms with Crippen molar-refractivity contribution in [1.29, 1.82) is 0 Å². The number of sulfonamides is 1. The van der Waals surface area contributed by atoms with E-state index in [0.717, 1.165) is 5.69 Å². The van der Waals surface area contributed by atoms with Gasteiger partial charge in [0.25, 0.3) is 0 Å². The number of halogens is 3. The Morgan fingerprint density at radius 2 is 2.09 bits per heavy atom. The van der Waals surface area contributed by atoms with Gasteiger partial charge in [-0.3, -0.25) is 9.48 Å². The highest BCUT2D eigenvalue weighted by Gasteiger charge is 2.34. The number of benzene rings is 1. The highest BCUT2D eigenvalue weighted by Crippen LogP contribution is 2.38. The Hall–Kier alpha value is -2.18. The maximum atomic E-state index is 13.4. The molecule has 0 spiro atoms. The van der Waals surface area contributed by atoms with Crippen LogP contribution in [0.3, 0.4) is 0 Å². The molecule has 0 bridgehead atoms. The van der Waals surface area contributed by atoms with Crippen LogP contribution in [0.15, 0.2) is 46.0 Å².